The Morgan fingerprint density at radius 3 is 2.19 bits per heavy atom. The van der Waals surface area contributed by atoms with Crippen LogP contribution in [-0.4, -0.2) is 32.6 Å². The first-order chi connectivity index (χ1) is 14.5. The Morgan fingerprint density at radius 1 is 1.03 bits per heavy atom. The number of hydrogen-bond donors (Lipinski definition) is 5. The molecule has 0 atom stereocenters. The molecule has 7 heteroatoms. The molecule has 0 radical (unpaired) electrons. The van der Waals surface area contributed by atoms with Crippen molar-refractivity contribution in [3.8, 4) is 23.0 Å². The molecule has 0 saturated heterocycles. The Morgan fingerprint density at radius 2 is 1.65 bits per heavy atom. The summed E-state index contributed by atoms with van der Waals surface area (Å²) in [6, 6.07) is 2.49. The highest BCUT2D eigenvalue weighted by Crippen LogP contribution is 2.46. The van der Waals surface area contributed by atoms with E-state index in [2.05, 4.69) is 6.58 Å². The standard InChI is InChI=1S/C23H24O6.CH4O/c1-6-23(4,5)16-19(27)12(8-7-11(2)3)17(25)15-18(26)13-9-10-14(24)20(28)21(13)29-22(15)16;1-2/h6-7,9-10,24-25,27-28H,1,8H2,2-5H3;2H,1H3. The topological polar surface area (TPSA) is 131 Å². The number of hydrogen-bond acceptors (Lipinski definition) is 7. The van der Waals surface area contributed by atoms with Crippen LogP contribution in [0.1, 0.15) is 38.8 Å². The van der Waals surface area contributed by atoms with E-state index in [1.807, 2.05) is 19.9 Å². The van der Waals surface area contributed by atoms with Gasteiger partial charge in [0.1, 0.15) is 22.5 Å². The molecule has 0 unspecified atom stereocenters. The number of allylic oxidation sites excluding steroid dienone is 3. The van der Waals surface area contributed by atoms with Crippen LogP contribution < -0.4 is 5.43 Å². The molecule has 3 aromatic rings. The molecule has 5 N–H and O–H groups in total. The Kier molecular flexibility index (Phi) is 6.71. The lowest BCUT2D eigenvalue weighted by Crippen LogP contribution is -2.17. The van der Waals surface area contributed by atoms with Crippen LogP contribution in [0.2, 0.25) is 0 Å². The lowest BCUT2D eigenvalue weighted by molar-refractivity contribution is 0.399. The van der Waals surface area contributed by atoms with E-state index in [1.165, 1.54) is 12.1 Å². The minimum absolute atomic E-state index is 0.00399. The molecule has 3 rings (SSSR count). The van der Waals surface area contributed by atoms with Crippen molar-refractivity contribution in [3.63, 3.8) is 0 Å². The second-order valence-electron chi connectivity index (χ2n) is 7.91. The Balaban J connectivity index is 0.00000166. The average Bonchev–Trinajstić information content (AvgIpc) is 2.72. The first kappa shape index (κ1) is 23.8. The van der Waals surface area contributed by atoms with Gasteiger partial charge >= 0.3 is 0 Å². The van der Waals surface area contributed by atoms with Crippen molar-refractivity contribution in [1.82, 2.24) is 0 Å². The average molecular weight is 428 g/mol. The Hall–Kier alpha value is -3.45. The number of rotatable bonds is 4. The van der Waals surface area contributed by atoms with E-state index in [4.69, 9.17) is 9.52 Å². The lowest BCUT2D eigenvalue weighted by Gasteiger charge is -2.25. The highest BCUT2D eigenvalue weighted by Gasteiger charge is 2.31. The molecule has 1 aromatic heterocycles. The zero-order valence-corrected chi connectivity index (χ0v) is 18.3. The summed E-state index contributed by atoms with van der Waals surface area (Å²) < 4.78 is 5.81. The summed E-state index contributed by atoms with van der Waals surface area (Å²) in [5, 5.41) is 48.8. The summed E-state index contributed by atoms with van der Waals surface area (Å²) in [4.78, 5) is 13.2. The summed E-state index contributed by atoms with van der Waals surface area (Å²) >= 11 is 0. The summed E-state index contributed by atoms with van der Waals surface area (Å²) in [6.07, 6.45) is 3.64. The van der Waals surface area contributed by atoms with Crippen molar-refractivity contribution in [2.45, 2.75) is 39.5 Å². The fourth-order valence-electron chi connectivity index (χ4n) is 3.35. The van der Waals surface area contributed by atoms with Gasteiger partial charge in [0, 0.05) is 23.7 Å². The fourth-order valence-corrected chi connectivity index (χ4v) is 3.35. The predicted octanol–water partition coefficient (Wildman–Crippen LogP) is 4.35. The van der Waals surface area contributed by atoms with E-state index < -0.39 is 22.3 Å². The summed E-state index contributed by atoms with van der Waals surface area (Å²) in [5.74, 6) is -1.61. The van der Waals surface area contributed by atoms with Gasteiger partial charge in [-0.25, -0.2) is 0 Å². The van der Waals surface area contributed by atoms with E-state index in [1.54, 1.807) is 19.9 Å². The normalized spacial score (nSPS) is 11.2. The fraction of sp³-hybridized carbons (Fsp3) is 0.292. The van der Waals surface area contributed by atoms with Gasteiger partial charge in [-0.2, -0.15) is 0 Å². The Labute approximate surface area is 179 Å². The van der Waals surface area contributed by atoms with E-state index in [9.17, 15) is 25.2 Å². The van der Waals surface area contributed by atoms with Crippen LogP contribution in [0.5, 0.6) is 23.0 Å². The molecule has 0 bridgehead atoms. The molecule has 0 fully saturated rings. The molecule has 0 aliphatic rings. The first-order valence-electron chi connectivity index (χ1n) is 9.61. The van der Waals surface area contributed by atoms with Crippen LogP contribution >= 0.6 is 0 Å². The van der Waals surface area contributed by atoms with Gasteiger partial charge in [0.25, 0.3) is 0 Å². The molecule has 7 nitrogen and oxygen atoms in total. The van der Waals surface area contributed by atoms with Crippen molar-refractivity contribution >= 4 is 21.9 Å². The largest absolute Gasteiger partial charge is 0.507 e. The van der Waals surface area contributed by atoms with Crippen molar-refractivity contribution in [3.05, 3.63) is 57.8 Å². The maximum absolute atomic E-state index is 13.2. The smallest absolute Gasteiger partial charge is 0.204 e. The molecule has 0 amide bonds. The molecule has 0 aliphatic carbocycles. The van der Waals surface area contributed by atoms with Crippen LogP contribution in [-0.2, 0) is 11.8 Å². The lowest BCUT2D eigenvalue weighted by atomic mass is 9.81. The monoisotopic (exact) mass is 428 g/mol. The summed E-state index contributed by atoms with van der Waals surface area (Å²) in [6.45, 7) is 11.1. The third-order valence-corrected chi connectivity index (χ3v) is 5.15. The first-order valence-corrected chi connectivity index (χ1v) is 9.61. The molecule has 1 heterocycles. The van der Waals surface area contributed by atoms with Gasteiger partial charge in [0.2, 0.25) is 11.2 Å². The zero-order valence-electron chi connectivity index (χ0n) is 18.3. The molecule has 2 aromatic carbocycles. The van der Waals surface area contributed by atoms with Gasteiger partial charge in [-0.15, -0.1) is 6.58 Å². The van der Waals surface area contributed by atoms with Crippen molar-refractivity contribution < 1.29 is 29.9 Å². The highest BCUT2D eigenvalue weighted by atomic mass is 16.4. The number of fused-ring (bicyclic) bond motifs is 2. The van der Waals surface area contributed by atoms with Gasteiger partial charge in [0.15, 0.2) is 11.3 Å². The zero-order chi connectivity index (χ0) is 23.7. The van der Waals surface area contributed by atoms with Crippen molar-refractivity contribution in [1.29, 1.82) is 0 Å². The molecule has 31 heavy (non-hydrogen) atoms. The van der Waals surface area contributed by atoms with Crippen molar-refractivity contribution in [2.75, 3.05) is 7.11 Å². The molecule has 0 aliphatic heterocycles. The SMILES string of the molecule is C=CC(C)(C)c1c(O)c(CC=C(C)C)c(O)c2c(=O)c3ccc(O)c(O)c3oc12.CO. The predicted molar refractivity (Wildman–Crippen MR) is 121 cm³/mol. The third-order valence-electron chi connectivity index (χ3n) is 5.15. The highest BCUT2D eigenvalue weighted by molar-refractivity contribution is 5.99. The number of benzene rings is 2. The van der Waals surface area contributed by atoms with Crippen LogP contribution in [0.3, 0.4) is 0 Å². The van der Waals surface area contributed by atoms with Gasteiger partial charge in [-0.3, -0.25) is 4.79 Å². The molecule has 0 spiro atoms. The molecular weight excluding hydrogens is 400 g/mol. The van der Waals surface area contributed by atoms with Crippen molar-refractivity contribution in [2.24, 2.45) is 0 Å². The summed E-state index contributed by atoms with van der Waals surface area (Å²) in [7, 11) is 1.00. The van der Waals surface area contributed by atoms with E-state index >= 15 is 0 Å². The van der Waals surface area contributed by atoms with Gasteiger partial charge < -0.3 is 29.9 Å². The number of aliphatic hydroxyl groups is 1. The minimum Gasteiger partial charge on any atom is -0.507 e. The molecule has 166 valence electrons. The van der Waals surface area contributed by atoms with Crippen LogP contribution in [0.4, 0.5) is 0 Å². The van der Waals surface area contributed by atoms with Crippen LogP contribution in [0, 0.1) is 0 Å². The quantitative estimate of drug-likeness (QED) is 0.237. The van der Waals surface area contributed by atoms with E-state index in [0.29, 0.717) is 0 Å². The second kappa shape index (κ2) is 8.73. The minimum atomic E-state index is -0.828. The molecule has 0 saturated carbocycles. The maximum atomic E-state index is 13.2. The number of aromatic hydroxyl groups is 4. The Bertz CT molecular complexity index is 1240. The van der Waals surface area contributed by atoms with Gasteiger partial charge in [-0.1, -0.05) is 31.6 Å². The van der Waals surface area contributed by atoms with Crippen LogP contribution in [0.25, 0.3) is 21.9 Å². The number of phenolic OH excluding ortho intramolecular Hbond substituents is 4. The molecular formula is C24H28O7. The summed E-state index contributed by atoms with van der Waals surface area (Å²) in [5.41, 5.74) is -0.236. The third kappa shape index (κ3) is 3.96. The maximum Gasteiger partial charge on any atom is 0.204 e. The second-order valence-corrected chi connectivity index (χ2v) is 7.91. The van der Waals surface area contributed by atoms with E-state index in [0.717, 1.165) is 12.7 Å². The number of aliphatic hydroxyl groups excluding tert-OH is 1. The number of phenols is 4. The van der Waals surface area contributed by atoms with E-state index in [-0.39, 0.29) is 51.0 Å². The van der Waals surface area contributed by atoms with Crippen LogP contribution in [0.15, 0.2) is 45.6 Å². The van der Waals surface area contributed by atoms with Gasteiger partial charge in [0.05, 0.1) is 5.39 Å². The van der Waals surface area contributed by atoms with Gasteiger partial charge in [-0.05, 0) is 32.4 Å².